The topological polar surface area (TPSA) is 64.6 Å². The van der Waals surface area contributed by atoms with Gasteiger partial charge < -0.3 is 9.47 Å². The van der Waals surface area contributed by atoms with Crippen LogP contribution in [0.15, 0.2) is 47.4 Å². The predicted molar refractivity (Wildman–Crippen MR) is 108 cm³/mol. The number of benzene rings is 2. The van der Waals surface area contributed by atoms with Crippen LogP contribution in [0.4, 0.5) is 0 Å². The van der Waals surface area contributed by atoms with Gasteiger partial charge in [0, 0.05) is 11.1 Å². The molecular weight excluding hydrogens is 386 g/mol. The maximum Gasteiger partial charge on any atom is 0.241 e. The van der Waals surface area contributed by atoms with Gasteiger partial charge in [0.05, 0.1) is 18.1 Å². The molecule has 1 N–H and O–H groups in total. The summed E-state index contributed by atoms with van der Waals surface area (Å²) in [4.78, 5) is 0.136. The molecule has 1 unspecified atom stereocenters. The third-order valence-corrected chi connectivity index (χ3v) is 5.66. The van der Waals surface area contributed by atoms with E-state index in [0.29, 0.717) is 29.7 Å². The Morgan fingerprint density at radius 3 is 2.26 bits per heavy atom. The molecule has 2 aromatic rings. The number of sulfonamides is 1. The molecule has 0 saturated carbocycles. The van der Waals surface area contributed by atoms with Crippen LogP contribution >= 0.6 is 11.6 Å². The van der Waals surface area contributed by atoms with Gasteiger partial charge in [-0.15, -0.1) is 0 Å². The van der Waals surface area contributed by atoms with Crippen LogP contribution in [0.2, 0.25) is 5.02 Å². The average molecular weight is 412 g/mol. The molecule has 1 atom stereocenters. The van der Waals surface area contributed by atoms with Crippen molar-refractivity contribution in [3.63, 3.8) is 0 Å². The molecule has 0 bridgehead atoms. The molecular formula is C20H26ClNO4S. The van der Waals surface area contributed by atoms with E-state index >= 15 is 0 Å². The number of hydrogen-bond donors (Lipinski definition) is 1. The van der Waals surface area contributed by atoms with Gasteiger partial charge in [0.25, 0.3) is 0 Å². The van der Waals surface area contributed by atoms with Crippen molar-refractivity contribution in [3.05, 3.63) is 53.1 Å². The Morgan fingerprint density at radius 1 is 1.00 bits per heavy atom. The smallest absolute Gasteiger partial charge is 0.241 e. The Balaban J connectivity index is 2.38. The molecule has 0 heterocycles. The van der Waals surface area contributed by atoms with Crippen LogP contribution in [0, 0.1) is 5.92 Å². The van der Waals surface area contributed by atoms with Crippen LogP contribution in [0.25, 0.3) is 0 Å². The lowest BCUT2D eigenvalue weighted by atomic mass is 9.97. The van der Waals surface area contributed by atoms with E-state index in [-0.39, 0.29) is 10.8 Å². The van der Waals surface area contributed by atoms with Crippen LogP contribution in [-0.4, -0.2) is 21.6 Å². The first kappa shape index (κ1) is 21.5. The quantitative estimate of drug-likeness (QED) is 0.642. The molecule has 7 heteroatoms. The van der Waals surface area contributed by atoms with Gasteiger partial charge in [0.15, 0.2) is 11.5 Å². The van der Waals surface area contributed by atoms with Crippen molar-refractivity contribution in [3.8, 4) is 11.5 Å². The van der Waals surface area contributed by atoms with E-state index in [1.807, 2.05) is 45.9 Å². The highest BCUT2D eigenvalue weighted by Crippen LogP contribution is 2.33. The Kier molecular flexibility index (Phi) is 7.53. The summed E-state index contributed by atoms with van der Waals surface area (Å²) >= 11 is 5.95. The van der Waals surface area contributed by atoms with Crippen molar-refractivity contribution in [2.24, 2.45) is 5.92 Å². The molecule has 0 saturated heterocycles. The lowest BCUT2D eigenvalue weighted by molar-refractivity contribution is 0.287. The van der Waals surface area contributed by atoms with E-state index in [9.17, 15) is 8.42 Å². The fourth-order valence-corrected chi connectivity index (χ4v) is 4.39. The molecule has 0 aromatic heterocycles. The second-order valence-corrected chi connectivity index (χ2v) is 8.52. The molecule has 2 aromatic carbocycles. The highest BCUT2D eigenvalue weighted by atomic mass is 35.5. The zero-order chi connectivity index (χ0) is 20.0. The molecule has 2 rings (SSSR count). The largest absolute Gasteiger partial charge is 0.490 e. The minimum Gasteiger partial charge on any atom is -0.490 e. The van der Waals surface area contributed by atoms with Crippen molar-refractivity contribution in [2.75, 3.05) is 13.2 Å². The molecule has 0 fully saturated rings. The number of nitrogens with one attached hydrogen (secondary N) is 1. The van der Waals surface area contributed by atoms with Crippen LogP contribution in [0.1, 0.15) is 39.3 Å². The second-order valence-electron chi connectivity index (χ2n) is 6.37. The minimum atomic E-state index is -3.73. The molecule has 148 valence electrons. The van der Waals surface area contributed by atoms with Crippen molar-refractivity contribution < 1.29 is 17.9 Å². The van der Waals surface area contributed by atoms with Crippen LogP contribution in [0.5, 0.6) is 11.5 Å². The van der Waals surface area contributed by atoms with Crippen molar-refractivity contribution >= 4 is 21.6 Å². The maximum absolute atomic E-state index is 12.8. The maximum atomic E-state index is 12.8. The first-order chi connectivity index (χ1) is 12.8. The summed E-state index contributed by atoms with van der Waals surface area (Å²) in [5, 5.41) is 0.374. The van der Waals surface area contributed by atoms with Crippen LogP contribution < -0.4 is 14.2 Å². The van der Waals surface area contributed by atoms with Gasteiger partial charge in [0.1, 0.15) is 0 Å². The van der Waals surface area contributed by atoms with E-state index in [4.69, 9.17) is 21.1 Å². The zero-order valence-corrected chi connectivity index (χ0v) is 17.6. The highest BCUT2D eigenvalue weighted by molar-refractivity contribution is 7.89. The lowest BCUT2D eigenvalue weighted by Gasteiger charge is -2.24. The Morgan fingerprint density at radius 2 is 1.67 bits per heavy atom. The first-order valence-electron chi connectivity index (χ1n) is 8.96. The molecule has 0 radical (unpaired) electrons. The van der Waals surface area contributed by atoms with Gasteiger partial charge in [0.2, 0.25) is 10.0 Å². The Hall–Kier alpha value is -1.76. The molecule has 27 heavy (non-hydrogen) atoms. The Bertz CT molecular complexity index is 868. The third kappa shape index (κ3) is 5.61. The number of halogens is 1. The van der Waals surface area contributed by atoms with E-state index in [1.54, 1.807) is 12.1 Å². The summed E-state index contributed by atoms with van der Waals surface area (Å²) in [5.74, 6) is 1.26. The fraction of sp³-hybridized carbons (Fsp3) is 0.400. The minimum absolute atomic E-state index is 0.0198. The van der Waals surface area contributed by atoms with E-state index in [2.05, 4.69) is 4.72 Å². The van der Waals surface area contributed by atoms with Gasteiger partial charge in [-0.1, -0.05) is 37.6 Å². The Labute approximate surface area is 166 Å². The zero-order valence-electron chi connectivity index (χ0n) is 16.0. The predicted octanol–water partition coefficient (Wildman–Crippen LogP) is 4.81. The van der Waals surface area contributed by atoms with Crippen LogP contribution in [-0.2, 0) is 10.0 Å². The SMILES string of the molecule is CCOc1ccc(C(NS(=O)(=O)c2cccc(Cl)c2)C(C)C)cc1OCC. The van der Waals surface area contributed by atoms with Crippen molar-refractivity contribution in [2.45, 2.75) is 38.6 Å². The van der Waals surface area contributed by atoms with E-state index in [1.165, 1.54) is 12.1 Å². The highest BCUT2D eigenvalue weighted by Gasteiger charge is 2.25. The van der Waals surface area contributed by atoms with Crippen LogP contribution in [0.3, 0.4) is 0 Å². The molecule has 5 nitrogen and oxygen atoms in total. The van der Waals surface area contributed by atoms with Gasteiger partial charge in [-0.25, -0.2) is 13.1 Å². The molecule has 0 aliphatic rings. The monoisotopic (exact) mass is 411 g/mol. The molecule has 0 aliphatic heterocycles. The number of rotatable bonds is 9. The summed E-state index contributed by atoms with van der Waals surface area (Å²) in [6.07, 6.45) is 0. The summed E-state index contributed by atoms with van der Waals surface area (Å²) in [5.41, 5.74) is 0.808. The summed E-state index contributed by atoms with van der Waals surface area (Å²) in [6.45, 7) is 8.73. The summed E-state index contributed by atoms with van der Waals surface area (Å²) < 4.78 is 39.7. The van der Waals surface area contributed by atoms with E-state index in [0.717, 1.165) is 5.56 Å². The van der Waals surface area contributed by atoms with E-state index < -0.39 is 16.1 Å². The van der Waals surface area contributed by atoms with Gasteiger partial charge in [-0.2, -0.15) is 0 Å². The average Bonchev–Trinajstić information content (AvgIpc) is 2.61. The third-order valence-electron chi connectivity index (χ3n) is 3.98. The van der Waals surface area contributed by atoms with Crippen molar-refractivity contribution in [1.82, 2.24) is 4.72 Å². The summed E-state index contributed by atoms with van der Waals surface area (Å²) in [7, 11) is -3.73. The normalized spacial score (nSPS) is 12.8. The second kappa shape index (κ2) is 9.44. The van der Waals surface area contributed by atoms with Gasteiger partial charge in [-0.05, 0) is 55.7 Å². The van der Waals surface area contributed by atoms with Gasteiger partial charge >= 0.3 is 0 Å². The number of hydrogen-bond acceptors (Lipinski definition) is 4. The standard InChI is InChI=1S/C20H26ClNO4S/c1-5-25-18-11-10-15(12-19(18)26-6-2)20(14(3)4)22-27(23,24)17-9-7-8-16(21)13-17/h7-14,20,22H,5-6H2,1-4H3. The first-order valence-corrected chi connectivity index (χ1v) is 10.8. The molecule has 0 amide bonds. The fourth-order valence-electron chi connectivity index (χ4n) is 2.72. The lowest BCUT2D eigenvalue weighted by Crippen LogP contribution is -2.31. The number of ether oxygens (including phenoxy) is 2. The van der Waals surface area contributed by atoms with Gasteiger partial charge in [-0.3, -0.25) is 0 Å². The molecule has 0 spiro atoms. The molecule has 0 aliphatic carbocycles. The van der Waals surface area contributed by atoms with Crippen molar-refractivity contribution in [1.29, 1.82) is 0 Å². The summed E-state index contributed by atoms with van der Waals surface area (Å²) in [6, 6.07) is 11.3.